The zero-order valence-corrected chi connectivity index (χ0v) is 16.0. The predicted octanol–water partition coefficient (Wildman–Crippen LogP) is -0.665. The van der Waals surface area contributed by atoms with E-state index in [2.05, 4.69) is 24.1 Å². The maximum absolute atomic E-state index is 12.2. The number of aromatic nitrogens is 4. The Kier molecular flexibility index (Phi) is 5.80. The first-order valence-corrected chi connectivity index (χ1v) is 9.83. The number of nitrogens with one attached hydrogen (secondary N) is 1. The summed E-state index contributed by atoms with van der Waals surface area (Å²) in [5.74, 6) is -0.471. The summed E-state index contributed by atoms with van der Waals surface area (Å²) in [5, 5.41) is 7.57. The van der Waals surface area contributed by atoms with Crippen LogP contribution in [0, 0.1) is 0 Å². The molecule has 0 aromatic carbocycles. The third-order valence-electron chi connectivity index (χ3n) is 3.62. The fourth-order valence-corrected chi connectivity index (χ4v) is 3.33. The van der Waals surface area contributed by atoms with E-state index in [0.717, 1.165) is 11.5 Å². The molecule has 1 aliphatic rings. The number of carbonyl (C=O) groups is 2. The van der Waals surface area contributed by atoms with Crippen LogP contribution in [-0.2, 0) is 19.5 Å². The van der Waals surface area contributed by atoms with Crippen molar-refractivity contribution in [3.8, 4) is 0 Å². The second kappa shape index (κ2) is 8.11. The van der Waals surface area contributed by atoms with E-state index in [4.69, 9.17) is 4.55 Å². The van der Waals surface area contributed by atoms with Crippen LogP contribution >= 0.6 is 11.5 Å². The maximum Gasteiger partial charge on any atom is 0.418 e. The van der Waals surface area contributed by atoms with Crippen molar-refractivity contribution in [2.45, 2.75) is 6.04 Å². The molecular weight excluding hydrogens is 414 g/mol. The zero-order chi connectivity index (χ0) is 20.3. The molecule has 0 fully saturated rings. The van der Waals surface area contributed by atoms with E-state index in [9.17, 15) is 18.0 Å². The summed E-state index contributed by atoms with van der Waals surface area (Å²) in [7, 11) is -3.12. The monoisotopic (exact) mass is 429 g/mol. The minimum Gasteiger partial charge on any atom is -0.298 e. The molecule has 1 unspecified atom stereocenters. The average Bonchev–Trinajstić information content (AvgIpc) is 3.30. The van der Waals surface area contributed by atoms with Crippen molar-refractivity contribution >= 4 is 45.1 Å². The van der Waals surface area contributed by atoms with E-state index in [0.29, 0.717) is 22.4 Å². The molecule has 13 nitrogen and oxygen atoms in total. The summed E-state index contributed by atoms with van der Waals surface area (Å²) in [6, 6.07) is 0.684. The third kappa shape index (κ3) is 4.96. The third-order valence-corrected chi connectivity index (χ3v) is 4.56. The number of anilines is 1. The molecule has 2 amide bonds. The number of carbonyl (C=O) groups excluding carboxylic acids is 2. The average molecular weight is 429 g/mol. The van der Waals surface area contributed by atoms with Crippen LogP contribution in [0.4, 0.5) is 5.13 Å². The fourth-order valence-electron chi connectivity index (χ4n) is 2.54. The molecule has 2 N–H and O–H groups in total. The van der Waals surface area contributed by atoms with E-state index >= 15 is 0 Å². The van der Waals surface area contributed by atoms with Crippen LogP contribution < -0.4 is 5.32 Å². The summed E-state index contributed by atoms with van der Waals surface area (Å²) in [6.07, 6.45) is 4.57. The highest BCUT2D eigenvalue weighted by molar-refractivity contribution is 7.80. The summed E-state index contributed by atoms with van der Waals surface area (Å²) in [5.41, 5.74) is 0.696. The lowest BCUT2D eigenvalue weighted by molar-refractivity contribution is -0.148. The van der Waals surface area contributed by atoms with Crippen molar-refractivity contribution in [3.63, 3.8) is 0 Å². The fraction of sp³-hybridized carbons (Fsp3) is 0.308. The Morgan fingerprint density at radius 3 is 2.96 bits per heavy atom. The lowest BCUT2D eigenvalue weighted by Gasteiger charge is -2.32. The minimum absolute atomic E-state index is 0.127. The van der Waals surface area contributed by atoms with E-state index in [-0.39, 0.29) is 18.6 Å². The van der Waals surface area contributed by atoms with E-state index < -0.39 is 22.3 Å². The Morgan fingerprint density at radius 2 is 2.32 bits per heavy atom. The van der Waals surface area contributed by atoms with Crippen LogP contribution in [-0.4, -0.2) is 80.6 Å². The van der Waals surface area contributed by atoms with Crippen molar-refractivity contribution in [1.29, 1.82) is 0 Å². The van der Waals surface area contributed by atoms with Gasteiger partial charge in [0.15, 0.2) is 5.69 Å². The topological polar surface area (TPSA) is 160 Å². The normalized spacial score (nSPS) is 17.8. The molecule has 0 saturated heterocycles. The molecule has 0 bridgehead atoms. The van der Waals surface area contributed by atoms with Gasteiger partial charge in [-0.15, -0.1) is 4.28 Å². The Bertz CT molecular complexity index is 987. The summed E-state index contributed by atoms with van der Waals surface area (Å²) >= 11 is 1.02. The molecule has 3 rings (SSSR count). The van der Waals surface area contributed by atoms with Gasteiger partial charge in [-0.3, -0.25) is 24.4 Å². The lowest BCUT2D eigenvalue weighted by atomic mass is 10.1. The van der Waals surface area contributed by atoms with E-state index in [1.54, 1.807) is 24.2 Å². The van der Waals surface area contributed by atoms with Crippen LogP contribution in [0.25, 0.3) is 5.70 Å². The van der Waals surface area contributed by atoms with Crippen molar-refractivity contribution in [2.75, 3.05) is 25.5 Å². The van der Waals surface area contributed by atoms with Gasteiger partial charge in [-0.05, 0) is 19.2 Å². The first kappa shape index (κ1) is 20.0. The van der Waals surface area contributed by atoms with Crippen LogP contribution in [0.2, 0.25) is 0 Å². The Balaban J connectivity index is 1.80. The Hall–Kier alpha value is -2.72. The van der Waals surface area contributed by atoms with Crippen LogP contribution in [0.3, 0.4) is 0 Å². The second-order valence-electron chi connectivity index (χ2n) is 5.74. The molecule has 28 heavy (non-hydrogen) atoms. The molecule has 0 radical (unpaired) electrons. The number of hydrogen-bond donors (Lipinski definition) is 2. The first-order chi connectivity index (χ1) is 13.2. The smallest absolute Gasteiger partial charge is 0.298 e. The van der Waals surface area contributed by atoms with Gasteiger partial charge in [-0.25, -0.2) is 9.67 Å². The Labute approximate surface area is 163 Å². The molecule has 2 aromatic rings. The van der Waals surface area contributed by atoms with Crippen molar-refractivity contribution in [2.24, 2.45) is 0 Å². The molecule has 15 heteroatoms. The number of amides is 2. The standard InChI is InChI=1S/C13H15N7O6S2/c1-18-5-9(4-10(6-18)20(8-21)26-28(23,24)25)19-3-2-11(17-19)12(22)16-13-14-7-15-27-13/h2-4,7-8,10H,5-6H2,1H3,(H,23,24,25)(H,14,15,16,22). The van der Waals surface area contributed by atoms with Gasteiger partial charge in [0.05, 0.1) is 11.7 Å². The SMILES string of the molecule is CN1CC(n2ccc(C(=O)Nc3ncns3)n2)=CC(N(C=O)OS(=O)(=O)O)C1. The molecule has 2 aromatic heterocycles. The number of hydroxylamine groups is 2. The number of nitrogens with zero attached hydrogens (tertiary/aromatic N) is 6. The van der Waals surface area contributed by atoms with E-state index in [1.807, 2.05) is 0 Å². The van der Waals surface area contributed by atoms with Gasteiger partial charge in [0.2, 0.25) is 11.5 Å². The van der Waals surface area contributed by atoms with Gasteiger partial charge >= 0.3 is 10.4 Å². The number of hydrogen-bond acceptors (Lipinski definition) is 10. The molecule has 0 spiro atoms. The van der Waals surface area contributed by atoms with Crippen molar-refractivity contribution < 1.29 is 26.8 Å². The summed E-state index contributed by atoms with van der Waals surface area (Å²) < 4.78 is 40.1. The zero-order valence-electron chi connectivity index (χ0n) is 14.4. The van der Waals surface area contributed by atoms with Crippen molar-refractivity contribution in [1.82, 2.24) is 29.1 Å². The summed E-state index contributed by atoms with van der Waals surface area (Å²) in [6.45, 7) is 0.664. The molecule has 150 valence electrons. The van der Waals surface area contributed by atoms with Crippen molar-refractivity contribution in [3.05, 3.63) is 30.4 Å². The number of rotatable bonds is 7. The van der Waals surface area contributed by atoms with Crippen LogP contribution in [0.15, 0.2) is 24.7 Å². The molecule has 0 saturated carbocycles. The largest absolute Gasteiger partial charge is 0.418 e. The molecule has 3 heterocycles. The van der Waals surface area contributed by atoms with Gasteiger partial charge in [-0.1, -0.05) is 0 Å². The quantitative estimate of drug-likeness (QED) is 0.328. The van der Waals surface area contributed by atoms with Gasteiger partial charge in [-0.2, -0.15) is 23.0 Å². The minimum atomic E-state index is -4.85. The second-order valence-corrected chi connectivity index (χ2v) is 7.52. The van der Waals surface area contributed by atoms with E-state index in [1.165, 1.54) is 17.1 Å². The molecule has 1 aliphatic heterocycles. The molecular formula is C13H15N7O6S2. The Morgan fingerprint density at radius 1 is 1.54 bits per heavy atom. The predicted molar refractivity (Wildman–Crippen MR) is 96.2 cm³/mol. The van der Waals surface area contributed by atoms with Gasteiger partial charge in [0.25, 0.3) is 5.91 Å². The lowest BCUT2D eigenvalue weighted by Crippen LogP contribution is -2.45. The highest BCUT2D eigenvalue weighted by Gasteiger charge is 2.27. The van der Waals surface area contributed by atoms with Gasteiger partial charge < -0.3 is 0 Å². The highest BCUT2D eigenvalue weighted by Crippen LogP contribution is 2.18. The summed E-state index contributed by atoms with van der Waals surface area (Å²) in [4.78, 5) is 29.0. The van der Waals surface area contributed by atoms with Gasteiger partial charge in [0, 0.05) is 30.8 Å². The van der Waals surface area contributed by atoms with Crippen LogP contribution in [0.1, 0.15) is 10.5 Å². The maximum atomic E-state index is 12.2. The first-order valence-electron chi connectivity index (χ1n) is 7.69. The van der Waals surface area contributed by atoms with Gasteiger partial charge in [0.1, 0.15) is 6.33 Å². The number of likely N-dealkylation sites (N-methyl/N-ethyl adjacent to an activating group) is 1. The molecule has 0 aliphatic carbocycles. The van der Waals surface area contributed by atoms with Crippen LogP contribution in [0.5, 0.6) is 0 Å². The highest BCUT2D eigenvalue weighted by atomic mass is 32.3. The molecule has 1 atom stereocenters.